The molecular formula is C22H23FN2O4. The average Bonchev–Trinajstić information content (AvgIpc) is 3.23. The van der Waals surface area contributed by atoms with E-state index in [1.807, 2.05) is 0 Å². The third-order valence-corrected chi connectivity index (χ3v) is 5.21. The van der Waals surface area contributed by atoms with Crippen LogP contribution in [0.15, 0.2) is 48.5 Å². The fourth-order valence-electron chi connectivity index (χ4n) is 3.76. The van der Waals surface area contributed by atoms with Crippen molar-refractivity contribution in [2.45, 2.75) is 31.1 Å². The minimum absolute atomic E-state index is 0.277. The first kappa shape index (κ1) is 20.5. The summed E-state index contributed by atoms with van der Waals surface area (Å²) < 4.78 is 19.6. The number of rotatable bonds is 6. The summed E-state index contributed by atoms with van der Waals surface area (Å²) in [6.07, 6.45) is 2.56. The van der Waals surface area contributed by atoms with Gasteiger partial charge in [-0.3, -0.25) is 14.4 Å². The van der Waals surface area contributed by atoms with Gasteiger partial charge in [0.05, 0.1) is 5.41 Å². The van der Waals surface area contributed by atoms with Gasteiger partial charge in [-0.2, -0.15) is 0 Å². The third-order valence-electron chi connectivity index (χ3n) is 5.21. The zero-order chi connectivity index (χ0) is 20.9. The Balaban J connectivity index is 1.66. The lowest BCUT2D eigenvalue weighted by Crippen LogP contribution is -2.37. The number of carbonyl (C=O) groups excluding carboxylic acids is 3. The lowest BCUT2D eigenvalue weighted by atomic mass is 9.78. The maximum absolute atomic E-state index is 14.3. The molecule has 0 aliphatic heterocycles. The second kappa shape index (κ2) is 8.86. The van der Waals surface area contributed by atoms with E-state index in [0.29, 0.717) is 29.7 Å². The summed E-state index contributed by atoms with van der Waals surface area (Å²) in [5, 5.41) is 5.11. The first-order valence-corrected chi connectivity index (χ1v) is 9.50. The zero-order valence-electron chi connectivity index (χ0n) is 16.2. The maximum atomic E-state index is 14.3. The first-order chi connectivity index (χ1) is 14.0. The number of nitrogens with one attached hydrogen (secondary N) is 2. The molecule has 3 rings (SSSR count). The van der Waals surface area contributed by atoms with E-state index in [9.17, 15) is 18.8 Å². The second-order valence-corrected chi connectivity index (χ2v) is 7.05. The number of carbonyl (C=O) groups is 3. The largest absolute Gasteiger partial charge is 0.455 e. The Bertz CT molecular complexity index is 923. The number of halogens is 1. The molecule has 0 bridgehead atoms. The lowest BCUT2D eigenvalue weighted by Gasteiger charge is -2.27. The van der Waals surface area contributed by atoms with Gasteiger partial charge in [-0.1, -0.05) is 37.1 Å². The normalized spacial score (nSPS) is 14.8. The van der Waals surface area contributed by atoms with Crippen molar-refractivity contribution >= 4 is 23.5 Å². The molecule has 1 aliphatic rings. The van der Waals surface area contributed by atoms with Crippen LogP contribution >= 0.6 is 0 Å². The van der Waals surface area contributed by atoms with Crippen molar-refractivity contribution in [3.8, 4) is 0 Å². The van der Waals surface area contributed by atoms with Gasteiger partial charge in [-0.25, -0.2) is 4.39 Å². The van der Waals surface area contributed by atoms with Crippen LogP contribution in [0, 0.1) is 5.82 Å². The van der Waals surface area contributed by atoms with Crippen molar-refractivity contribution in [1.29, 1.82) is 0 Å². The van der Waals surface area contributed by atoms with Crippen LogP contribution in [0.4, 0.5) is 10.1 Å². The number of benzene rings is 2. The molecular weight excluding hydrogens is 375 g/mol. The van der Waals surface area contributed by atoms with Gasteiger partial charge in [-0.05, 0) is 37.1 Å². The van der Waals surface area contributed by atoms with Crippen LogP contribution in [0.3, 0.4) is 0 Å². The fraction of sp³-hybridized carbons (Fsp3) is 0.318. The molecule has 0 unspecified atom stereocenters. The summed E-state index contributed by atoms with van der Waals surface area (Å²) in [5.41, 5.74) is 0.0786. The summed E-state index contributed by atoms with van der Waals surface area (Å²) in [6, 6.07) is 12.6. The Morgan fingerprint density at radius 1 is 1.07 bits per heavy atom. The number of ether oxygens (including phenoxy) is 1. The van der Waals surface area contributed by atoms with E-state index in [0.717, 1.165) is 12.8 Å². The molecule has 7 heteroatoms. The van der Waals surface area contributed by atoms with Crippen molar-refractivity contribution in [1.82, 2.24) is 5.32 Å². The van der Waals surface area contributed by atoms with Gasteiger partial charge in [0, 0.05) is 23.9 Å². The van der Waals surface area contributed by atoms with Crippen LogP contribution in [0.1, 0.15) is 41.6 Å². The summed E-state index contributed by atoms with van der Waals surface area (Å²) in [5.74, 6) is -1.84. The van der Waals surface area contributed by atoms with Gasteiger partial charge in [0.2, 0.25) is 0 Å². The van der Waals surface area contributed by atoms with Gasteiger partial charge in [0.25, 0.3) is 11.8 Å². The number of amides is 2. The Hall–Kier alpha value is -3.22. The van der Waals surface area contributed by atoms with E-state index in [1.54, 1.807) is 36.4 Å². The van der Waals surface area contributed by atoms with E-state index in [-0.39, 0.29) is 5.91 Å². The Morgan fingerprint density at radius 2 is 1.79 bits per heavy atom. The van der Waals surface area contributed by atoms with Crippen LogP contribution < -0.4 is 10.6 Å². The van der Waals surface area contributed by atoms with E-state index in [2.05, 4.69) is 10.6 Å². The molecule has 2 amide bonds. The number of hydrogen-bond donors (Lipinski definition) is 2. The molecule has 29 heavy (non-hydrogen) atoms. The quantitative estimate of drug-likeness (QED) is 0.732. The van der Waals surface area contributed by atoms with Crippen molar-refractivity contribution in [2.75, 3.05) is 19.0 Å². The molecule has 2 aromatic carbocycles. The van der Waals surface area contributed by atoms with Gasteiger partial charge < -0.3 is 15.4 Å². The molecule has 1 aliphatic carbocycles. The minimum Gasteiger partial charge on any atom is -0.455 e. The Labute approximate surface area is 168 Å². The molecule has 2 N–H and O–H groups in total. The maximum Gasteiger partial charge on any atom is 0.317 e. The first-order valence-electron chi connectivity index (χ1n) is 9.50. The number of esters is 1. The molecule has 0 aromatic heterocycles. The van der Waals surface area contributed by atoms with E-state index in [4.69, 9.17) is 4.74 Å². The van der Waals surface area contributed by atoms with Crippen LogP contribution in [-0.2, 0) is 19.7 Å². The zero-order valence-corrected chi connectivity index (χ0v) is 16.2. The second-order valence-electron chi connectivity index (χ2n) is 7.05. The molecule has 0 saturated heterocycles. The smallest absolute Gasteiger partial charge is 0.317 e. The topological polar surface area (TPSA) is 84.5 Å². The molecule has 1 saturated carbocycles. The highest BCUT2D eigenvalue weighted by Gasteiger charge is 2.45. The van der Waals surface area contributed by atoms with Crippen molar-refractivity contribution in [2.24, 2.45) is 0 Å². The minimum atomic E-state index is -1.05. The van der Waals surface area contributed by atoms with Gasteiger partial charge in [0.15, 0.2) is 6.61 Å². The van der Waals surface area contributed by atoms with Crippen molar-refractivity contribution in [3.63, 3.8) is 0 Å². The summed E-state index contributed by atoms with van der Waals surface area (Å²) in [6.45, 7) is -0.487. The van der Waals surface area contributed by atoms with Crippen LogP contribution in [0.2, 0.25) is 0 Å². The van der Waals surface area contributed by atoms with Crippen molar-refractivity contribution < 1.29 is 23.5 Å². The molecule has 152 valence electrons. The molecule has 0 radical (unpaired) electrons. The highest BCUT2D eigenvalue weighted by atomic mass is 19.1. The van der Waals surface area contributed by atoms with Crippen LogP contribution in [0.5, 0.6) is 0 Å². The van der Waals surface area contributed by atoms with Crippen LogP contribution in [0.25, 0.3) is 0 Å². The van der Waals surface area contributed by atoms with E-state index >= 15 is 0 Å². The predicted molar refractivity (Wildman–Crippen MR) is 106 cm³/mol. The lowest BCUT2D eigenvalue weighted by molar-refractivity contribution is -0.153. The molecule has 0 atom stereocenters. The van der Waals surface area contributed by atoms with Gasteiger partial charge >= 0.3 is 5.97 Å². The predicted octanol–water partition coefficient (Wildman–Crippen LogP) is 3.18. The van der Waals surface area contributed by atoms with E-state index < -0.39 is 29.7 Å². The Kier molecular flexibility index (Phi) is 6.26. The van der Waals surface area contributed by atoms with Gasteiger partial charge in [0.1, 0.15) is 5.82 Å². The summed E-state index contributed by atoms with van der Waals surface area (Å²) in [7, 11) is 1.52. The molecule has 6 nitrogen and oxygen atoms in total. The fourth-order valence-corrected chi connectivity index (χ4v) is 3.76. The highest BCUT2D eigenvalue weighted by Crippen LogP contribution is 2.43. The summed E-state index contributed by atoms with van der Waals surface area (Å²) >= 11 is 0. The summed E-state index contributed by atoms with van der Waals surface area (Å²) in [4.78, 5) is 36.8. The number of hydrogen-bond acceptors (Lipinski definition) is 4. The van der Waals surface area contributed by atoms with Crippen molar-refractivity contribution in [3.05, 3.63) is 65.5 Å². The standard InChI is InChI=1S/C22H23FN2O4/c1-24-20(27)15-7-6-8-16(13-15)25-19(26)14-29-21(28)22(11-4-5-12-22)17-9-2-3-10-18(17)23/h2-3,6-10,13H,4-5,11-12,14H2,1H3,(H,24,27)(H,25,26). The molecule has 1 fully saturated rings. The monoisotopic (exact) mass is 398 g/mol. The molecule has 0 spiro atoms. The SMILES string of the molecule is CNC(=O)c1cccc(NC(=O)COC(=O)C2(c3ccccc3F)CCCC2)c1. The van der Waals surface area contributed by atoms with Crippen LogP contribution in [-0.4, -0.2) is 31.4 Å². The average molecular weight is 398 g/mol. The highest BCUT2D eigenvalue weighted by molar-refractivity contribution is 5.97. The molecule has 2 aromatic rings. The Morgan fingerprint density at radius 3 is 2.48 bits per heavy atom. The third kappa shape index (κ3) is 4.45. The van der Waals surface area contributed by atoms with Gasteiger partial charge in [-0.15, -0.1) is 0 Å². The number of anilines is 1. The van der Waals surface area contributed by atoms with E-state index in [1.165, 1.54) is 19.2 Å². The molecule has 0 heterocycles.